The van der Waals surface area contributed by atoms with Gasteiger partial charge in [-0.15, -0.1) is 0 Å². The Labute approximate surface area is 132 Å². The Balaban J connectivity index is 1.37. The van der Waals surface area contributed by atoms with E-state index in [1.165, 1.54) is 51.7 Å². The molecule has 21 heavy (non-hydrogen) atoms. The van der Waals surface area contributed by atoms with E-state index in [0.717, 1.165) is 29.1 Å². The lowest BCUT2D eigenvalue weighted by atomic mass is 9.52. The zero-order valence-electron chi connectivity index (χ0n) is 14.7. The zero-order valence-corrected chi connectivity index (χ0v) is 14.7. The van der Waals surface area contributed by atoms with E-state index in [0.29, 0.717) is 0 Å². The maximum Gasteiger partial charge on any atom is 0.000967 e. The molecule has 1 heterocycles. The summed E-state index contributed by atoms with van der Waals surface area (Å²) >= 11 is 0. The molecule has 2 aliphatic carbocycles. The summed E-state index contributed by atoms with van der Waals surface area (Å²) in [4.78, 5) is 2.78. The Morgan fingerprint density at radius 2 is 1.57 bits per heavy atom. The first kappa shape index (κ1) is 15.8. The van der Waals surface area contributed by atoms with E-state index >= 15 is 0 Å². The number of likely N-dealkylation sites (tertiary alicyclic amines) is 1. The van der Waals surface area contributed by atoms with Gasteiger partial charge in [-0.3, -0.25) is 0 Å². The molecule has 1 spiro atoms. The number of rotatable bonds is 4. The highest BCUT2D eigenvalue weighted by atomic mass is 15.1. The maximum absolute atomic E-state index is 2.78. The quantitative estimate of drug-likeness (QED) is 0.675. The third-order valence-electron chi connectivity index (χ3n) is 7.30. The molecule has 3 rings (SSSR count). The fourth-order valence-electron chi connectivity index (χ4n) is 5.35. The molecule has 0 aromatic heterocycles. The maximum atomic E-state index is 2.78. The Hall–Kier alpha value is -0.0400. The second-order valence-corrected chi connectivity index (χ2v) is 9.01. The minimum Gasteiger partial charge on any atom is -0.303 e. The van der Waals surface area contributed by atoms with Crippen molar-refractivity contribution in [3.05, 3.63) is 0 Å². The fourth-order valence-corrected chi connectivity index (χ4v) is 5.35. The fraction of sp³-hybridized carbons (Fsp3) is 1.00. The average Bonchev–Trinajstić information content (AvgIpc) is 2.46. The van der Waals surface area contributed by atoms with E-state index in [9.17, 15) is 0 Å². The van der Waals surface area contributed by atoms with Gasteiger partial charge in [0.05, 0.1) is 0 Å². The van der Waals surface area contributed by atoms with E-state index in [2.05, 4.69) is 25.7 Å². The lowest BCUT2D eigenvalue weighted by Crippen LogP contribution is -2.44. The van der Waals surface area contributed by atoms with Crippen molar-refractivity contribution in [3.8, 4) is 0 Å². The SMILES string of the molecule is CCC1CCN(CC2CCC3(CC2)CC(C(C)C)C3)CC1. The van der Waals surface area contributed by atoms with Crippen LogP contribution in [0.4, 0.5) is 0 Å². The number of piperidine rings is 1. The van der Waals surface area contributed by atoms with Crippen molar-refractivity contribution < 1.29 is 0 Å². The summed E-state index contributed by atoms with van der Waals surface area (Å²) in [5, 5.41) is 0. The molecule has 0 atom stereocenters. The smallest absolute Gasteiger partial charge is 0.000967 e. The van der Waals surface area contributed by atoms with Gasteiger partial charge in [0, 0.05) is 6.54 Å². The summed E-state index contributed by atoms with van der Waals surface area (Å²) < 4.78 is 0. The van der Waals surface area contributed by atoms with Crippen LogP contribution >= 0.6 is 0 Å². The summed E-state index contributed by atoms with van der Waals surface area (Å²) in [6.45, 7) is 11.4. The molecule has 0 N–H and O–H groups in total. The van der Waals surface area contributed by atoms with Crippen LogP contribution in [-0.2, 0) is 0 Å². The van der Waals surface area contributed by atoms with Gasteiger partial charge in [0.2, 0.25) is 0 Å². The van der Waals surface area contributed by atoms with Crippen molar-refractivity contribution >= 4 is 0 Å². The van der Waals surface area contributed by atoms with Gasteiger partial charge >= 0.3 is 0 Å². The summed E-state index contributed by atoms with van der Waals surface area (Å²) in [5.41, 5.74) is 0.806. The van der Waals surface area contributed by atoms with E-state index in [-0.39, 0.29) is 0 Å². The van der Waals surface area contributed by atoms with Gasteiger partial charge in [-0.25, -0.2) is 0 Å². The van der Waals surface area contributed by atoms with Crippen molar-refractivity contribution in [2.45, 2.75) is 78.6 Å². The van der Waals surface area contributed by atoms with Crippen molar-refractivity contribution in [2.75, 3.05) is 19.6 Å². The summed E-state index contributed by atoms with van der Waals surface area (Å²) in [5.74, 6) is 4.02. The predicted molar refractivity (Wildman–Crippen MR) is 91.4 cm³/mol. The minimum absolute atomic E-state index is 0.806. The van der Waals surface area contributed by atoms with Gasteiger partial charge in [-0.1, -0.05) is 27.2 Å². The molecule has 2 saturated carbocycles. The Morgan fingerprint density at radius 3 is 2.10 bits per heavy atom. The molecule has 0 aromatic carbocycles. The van der Waals surface area contributed by atoms with E-state index in [4.69, 9.17) is 0 Å². The molecule has 0 aromatic rings. The highest BCUT2D eigenvalue weighted by molar-refractivity contribution is 4.97. The highest BCUT2D eigenvalue weighted by Crippen LogP contribution is 2.57. The van der Waals surface area contributed by atoms with Crippen LogP contribution in [0.25, 0.3) is 0 Å². The molecular formula is C20H37N. The Morgan fingerprint density at radius 1 is 0.952 bits per heavy atom. The molecule has 1 nitrogen and oxygen atoms in total. The van der Waals surface area contributed by atoms with E-state index in [1.807, 2.05) is 0 Å². The van der Waals surface area contributed by atoms with Gasteiger partial charge in [-0.05, 0) is 93.5 Å². The molecule has 1 heteroatoms. The molecule has 0 radical (unpaired) electrons. The lowest BCUT2D eigenvalue weighted by molar-refractivity contribution is -0.0249. The predicted octanol–water partition coefficient (Wildman–Crippen LogP) is 5.35. The monoisotopic (exact) mass is 291 g/mol. The minimum atomic E-state index is 0.806. The van der Waals surface area contributed by atoms with Crippen LogP contribution in [0.5, 0.6) is 0 Å². The lowest BCUT2D eigenvalue weighted by Gasteiger charge is -2.53. The molecule has 1 aliphatic heterocycles. The van der Waals surface area contributed by atoms with Gasteiger partial charge in [0.15, 0.2) is 0 Å². The van der Waals surface area contributed by atoms with E-state index < -0.39 is 0 Å². The molecule has 0 amide bonds. The summed E-state index contributed by atoms with van der Waals surface area (Å²) in [6.07, 6.45) is 13.6. The molecule has 3 aliphatic rings. The molecular weight excluding hydrogens is 254 g/mol. The van der Waals surface area contributed by atoms with Crippen LogP contribution in [0.2, 0.25) is 0 Å². The van der Waals surface area contributed by atoms with Crippen LogP contribution in [-0.4, -0.2) is 24.5 Å². The Kier molecular flexibility index (Phi) is 4.98. The summed E-state index contributed by atoms with van der Waals surface area (Å²) in [6, 6.07) is 0. The first-order chi connectivity index (χ1) is 10.1. The molecule has 122 valence electrons. The van der Waals surface area contributed by atoms with Crippen molar-refractivity contribution in [2.24, 2.45) is 29.1 Å². The topological polar surface area (TPSA) is 3.24 Å². The van der Waals surface area contributed by atoms with Crippen molar-refractivity contribution in [1.82, 2.24) is 4.90 Å². The average molecular weight is 292 g/mol. The first-order valence-electron chi connectivity index (χ1n) is 9.82. The Bertz CT molecular complexity index is 311. The number of hydrogen-bond donors (Lipinski definition) is 0. The third kappa shape index (κ3) is 3.66. The van der Waals surface area contributed by atoms with Gasteiger partial charge in [-0.2, -0.15) is 0 Å². The number of hydrogen-bond acceptors (Lipinski definition) is 1. The van der Waals surface area contributed by atoms with Gasteiger partial charge in [0.25, 0.3) is 0 Å². The van der Waals surface area contributed by atoms with Crippen LogP contribution in [0.15, 0.2) is 0 Å². The molecule has 1 saturated heterocycles. The van der Waals surface area contributed by atoms with Crippen LogP contribution < -0.4 is 0 Å². The van der Waals surface area contributed by atoms with E-state index in [1.54, 1.807) is 25.7 Å². The van der Waals surface area contributed by atoms with Gasteiger partial charge in [0.1, 0.15) is 0 Å². The van der Waals surface area contributed by atoms with Crippen molar-refractivity contribution in [1.29, 1.82) is 0 Å². The molecule has 3 fully saturated rings. The van der Waals surface area contributed by atoms with Crippen molar-refractivity contribution in [3.63, 3.8) is 0 Å². The normalized spacial score (nSPS) is 38.9. The highest BCUT2D eigenvalue weighted by Gasteiger charge is 2.46. The molecule has 0 unspecified atom stereocenters. The molecule has 0 bridgehead atoms. The standard InChI is InChI=1S/C20H37N/c1-4-17-7-11-21(12-8-17)15-18-5-9-20(10-6-18)13-19(14-20)16(2)3/h16-19H,4-15H2,1-3H3. The second-order valence-electron chi connectivity index (χ2n) is 9.01. The third-order valence-corrected chi connectivity index (χ3v) is 7.30. The van der Waals surface area contributed by atoms with Crippen LogP contribution in [0.3, 0.4) is 0 Å². The summed E-state index contributed by atoms with van der Waals surface area (Å²) in [7, 11) is 0. The zero-order chi connectivity index (χ0) is 14.9. The second kappa shape index (κ2) is 6.60. The largest absolute Gasteiger partial charge is 0.303 e. The number of nitrogens with zero attached hydrogens (tertiary/aromatic N) is 1. The van der Waals surface area contributed by atoms with Crippen LogP contribution in [0.1, 0.15) is 78.6 Å². The van der Waals surface area contributed by atoms with Crippen LogP contribution in [0, 0.1) is 29.1 Å². The first-order valence-corrected chi connectivity index (χ1v) is 9.82. The van der Waals surface area contributed by atoms with Gasteiger partial charge < -0.3 is 4.90 Å².